The highest BCUT2D eigenvalue weighted by Gasteiger charge is 2.38. The van der Waals surface area contributed by atoms with E-state index in [1.807, 2.05) is 13.8 Å². The van der Waals surface area contributed by atoms with Crippen molar-refractivity contribution in [1.82, 2.24) is 4.90 Å². The molecule has 0 aromatic heterocycles. The van der Waals surface area contributed by atoms with Crippen LogP contribution in [0.2, 0.25) is 0 Å². The van der Waals surface area contributed by atoms with Crippen LogP contribution in [0.5, 0.6) is 0 Å². The van der Waals surface area contributed by atoms with E-state index in [0.29, 0.717) is 24.9 Å². The summed E-state index contributed by atoms with van der Waals surface area (Å²) in [5.74, 6) is 0.304. The van der Waals surface area contributed by atoms with Crippen molar-refractivity contribution in [3.05, 3.63) is 39.9 Å². The van der Waals surface area contributed by atoms with Crippen molar-refractivity contribution < 1.29 is 9.72 Å². The first-order valence-electron chi connectivity index (χ1n) is 7.20. The van der Waals surface area contributed by atoms with Crippen LogP contribution in [0.4, 0.5) is 5.69 Å². The summed E-state index contributed by atoms with van der Waals surface area (Å²) in [6.45, 7) is 4.59. The van der Waals surface area contributed by atoms with E-state index >= 15 is 0 Å². The molecular weight excluding hydrogens is 270 g/mol. The summed E-state index contributed by atoms with van der Waals surface area (Å²) in [6, 6.07) is 5.85. The van der Waals surface area contributed by atoms with Crippen LogP contribution in [0, 0.1) is 16.0 Å². The van der Waals surface area contributed by atoms with Crippen molar-refractivity contribution in [2.75, 3.05) is 6.54 Å². The second-order valence-electron chi connectivity index (χ2n) is 5.90. The molecule has 2 atom stereocenters. The minimum Gasteiger partial charge on any atom is -0.334 e. The van der Waals surface area contributed by atoms with Gasteiger partial charge in [0.2, 0.25) is 5.91 Å². The number of benzene rings is 1. The molecule has 6 nitrogen and oxygen atoms in total. The Kier molecular flexibility index (Phi) is 4.57. The summed E-state index contributed by atoms with van der Waals surface area (Å²) < 4.78 is 0. The van der Waals surface area contributed by atoms with E-state index in [1.165, 1.54) is 6.07 Å². The van der Waals surface area contributed by atoms with E-state index in [0.717, 1.165) is 0 Å². The van der Waals surface area contributed by atoms with Crippen LogP contribution in [0.25, 0.3) is 0 Å². The number of rotatable bonds is 4. The molecule has 1 amide bonds. The molecule has 0 aliphatic carbocycles. The number of nitrogens with zero attached hydrogens (tertiary/aromatic N) is 2. The molecule has 1 aromatic rings. The largest absolute Gasteiger partial charge is 0.334 e. The minimum absolute atomic E-state index is 0.0218. The number of nitrogens with two attached hydrogens (primary N) is 1. The van der Waals surface area contributed by atoms with Crippen LogP contribution < -0.4 is 5.73 Å². The molecule has 6 heteroatoms. The molecule has 1 aromatic carbocycles. The van der Waals surface area contributed by atoms with Crippen LogP contribution in [-0.2, 0) is 4.79 Å². The number of para-hydroxylation sites is 1. The van der Waals surface area contributed by atoms with Crippen LogP contribution in [-0.4, -0.2) is 28.3 Å². The lowest BCUT2D eigenvalue weighted by Crippen LogP contribution is -2.50. The van der Waals surface area contributed by atoms with Gasteiger partial charge in [0, 0.05) is 25.1 Å². The van der Waals surface area contributed by atoms with Gasteiger partial charge in [0.25, 0.3) is 5.69 Å². The van der Waals surface area contributed by atoms with Crippen LogP contribution >= 0.6 is 0 Å². The second kappa shape index (κ2) is 6.22. The lowest BCUT2D eigenvalue weighted by molar-refractivity contribution is -0.386. The summed E-state index contributed by atoms with van der Waals surface area (Å²) >= 11 is 0. The average Bonchev–Trinajstić information content (AvgIpc) is 2.42. The number of hydrogen-bond acceptors (Lipinski definition) is 4. The van der Waals surface area contributed by atoms with E-state index in [4.69, 9.17) is 5.73 Å². The number of amides is 1. The first kappa shape index (κ1) is 15.4. The third kappa shape index (κ3) is 3.21. The van der Waals surface area contributed by atoms with Crippen LogP contribution in [0.15, 0.2) is 24.3 Å². The Balaban J connectivity index is 2.46. The quantitative estimate of drug-likeness (QED) is 0.680. The first-order chi connectivity index (χ1) is 9.91. The van der Waals surface area contributed by atoms with Crippen molar-refractivity contribution >= 4 is 11.6 Å². The lowest BCUT2D eigenvalue weighted by Gasteiger charge is -2.40. The normalized spacial score (nSPS) is 22.7. The van der Waals surface area contributed by atoms with Gasteiger partial charge in [-0.2, -0.15) is 0 Å². The third-order valence-electron chi connectivity index (χ3n) is 3.77. The van der Waals surface area contributed by atoms with Crippen molar-refractivity contribution in [1.29, 1.82) is 0 Å². The van der Waals surface area contributed by atoms with Gasteiger partial charge in [-0.3, -0.25) is 14.9 Å². The lowest BCUT2D eigenvalue weighted by atomic mass is 9.89. The van der Waals surface area contributed by atoms with Crippen molar-refractivity contribution in [3.63, 3.8) is 0 Å². The van der Waals surface area contributed by atoms with E-state index in [1.54, 1.807) is 23.1 Å². The molecule has 0 radical (unpaired) electrons. The molecule has 1 aliphatic rings. The molecule has 2 rings (SSSR count). The van der Waals surface area contributed by atoms with E-state index in [2.05, 4.69) is 0 Å². The molecule has 0 spiro atoms. The fourth-order valence-electron chi connectivity index (χ4n) is 2.89. The molecule has 114 valence electrons. The smallest absolute Gasteiger partial charge is 0.274 e. The van der Waals surface area contributed by atoms with Gasteiger partial charge in [-0.05, 0) is 12.3 Å². The van der Waals surface area contributed by atoms with Crippen molar-refractivity contribution in [2.24, 2.45) is 11.7 Å². The molecule has 1 heterocycles. The summed E-state index contributed by atoms with van der Waals surface area (Å²) in [5, 5.41) is 11.2. The van der Waals surface area contributed by atoms with Gasteiger partial charge in [0.05, 0.1) is 16.5 Å². The topological polar surface area (TPSA) is 89.5 Å². The van der Waals surface area contributed by atoms with E-state index in [-0.39, 0.29) is 23.6 Å². The summed E-state index contributed by atoms with van der Waals surface area (Å²) in [5.41, 5.74) is 6.75. The van der Waals surface area contributed by atoms with Gasteiger partial charge < -0.3 is 10.6 Å². The van der Waals surface area contributed by atoms with E-state index in [9.17, 15) is 14.9 Å². The van der Waals surface area contributed by atoms with Gasteiger partial charge in [0.1, 0.15) is 0 Å². The van der Waals surface area contributed by atoms with Crippen molar-refractivity contribution in [3.8, 4) is 0 Å². The minimum atomic E-state index is -0.421. The number of carbonyl (C=O) groups excluding carboxylic acids is 1. The first-order valence-corrected chi connectivity index (χ1v) is 7.20. The number of likely N-dealkylation sites (tertiary alicyclic amines) is 1. The maximum absolute atomic E-state index is 12.2. The second-order valence-corrected chi connectivity index (χ2v) is 5.90. The SMILES string of the molecule is CC(C)CN1C(=O)CCC(N)C1c1ccccc1[N+](=O)[O-]. The molecule has 1 aliphatic heterocycles. The molecule has 2 unspecified atom stereocenters. The Morgan fingerprint density at radius 2 is 2.10 bits per heavy atom. The molecule has 2 N–H and O–H groups in total. The summed E-state index contributed by atoms with van der Waals surface area (Å²) in [6.07, 6.45) is 0.967. The van der Waals surface area contributed by atoms with Crippen molar-refractivity contribution in [2.45, 2.75) is 38.8 Å². The average molecular weight is 291 g/mol. The highest BCUT2D eigenvalue weighted by molar-refractivity contribution is 5.78. The van der Waals surface area contributed by atoms with Gasteiger partial charge in [0.15, 0.2) is 0 Å². The van der Waals surface area contributed by atoms with Crippen LogP contribution in [0.3, 0.4) is 0 Å². The zero-order chi connectivity index (χ0) is 15.6. The number of piperidine rings is 1. The maximum atomic E-state index is 12.2. The summed E-state index contributed by atoms with van der Waals surface area (Å²) in [7, 11) is 0. The predicted octanol–water partition coefficient (Wildman–Crippen LogP) is 2.24. The Morgan fingerprint density at radius 3 is 2.71 bits per heavy atom. The zero-order valence-corrected chi connectivity index (χ0v) is 12.4. The highest BCUT2D eigenvalue weighted by Crippen LogP contribution is 2.36. The fraction of sp³-hybridized carbons (Fsp3) is 0.533. The Hall–Kier alpha value is -1.95. The van der Waals surface area contributed by atoms with Gasteiger partial charge >= 0.3 is 0 Å². The number of carbonyl (C=O) groups is 1. The Morgan fingerprint density at radius 1 is 1.43 bits per heavy atom. The Labute approximate surface area is 124 Å². The van der Waals surface area contributed by atoms with Gasteiger partial charge in [-0.15, -0.1) is 0 Å². The summed E-state index contributed by atoms with van der Waals surface area (Å²) in [4.78, 5) is 24.8. The number of nitro groups is 1. The van der Waals surface area contributed by atoms with Crippen LogP contribution in [0.1, 0.15) is 38.3 Å². The molecule has 1 saturated heterocycles. The maximum Gasteiger partial charge on any atom is 0.274 e. The Bertz CT molecular complexity index is 545. The number of hydrogen-bond donors (Lipinski definition) is 1. The highest BCUT2D eigenvalue weighted by atomic mass is 16.6. The van der Waals surface area contributed by atoms with E-state index < -0.39 is 11.0 Å². The molecule has 0 bridgehead atoms. The third-order valence-corrected chi connectivity index (χ3v) is 3.77. The standard InChI is InChI=1S/C15H21N3O3/c1-10(2)9-17-14(19)8-7-12(16)15(17)11-5-3-4-6-13(11)18(20)21/h3-6,10,12,15H,7-9,16H2,1-2H3. The van der Waals surface area contributed by atoms with Gasteiger partial charge in [-0.25, -0.2) is 0 Å². The molecule has 21 heavy (non-hydrogen) atoms. The zero-order valence-electron chi connectivity index (χ0n) is 12.4. The molecule has 1 fully saturated rings. The molecular formula is C15H21N3O3. The fourth-order valence-corrected chi connectivity index (χ4v) is 2.89. The predicted molar refractivity (Wildman–Crippen MR) is 79.6 cm³/mol. The molecule has 0 saturated carbocycles. The van der Waals surface area contributed by atoms with Gasteiger partial charge in [-0.1, -0.05) is 32.0 Å². The number of nitro benzene ring substituents is 1. The monoisotopic (exact) mass is 291 g/mol.